The molecule has 0 amide bonds. The number of fused-ring (bicyclic) bond motifs is 1. The third-order valence-electron chi connectivity index (χ3n) is 3.87. The first-order valence-corrected chi connectivity index (χ1v) is 6.70. The average molecular weight is 234 g/mol. The van der Waals surface area contributed by atoms with Crippen molar-refractivity contribution in [2.45, 2.75) is 26.2 Å². The Morgan fingerprint density at radius 1 is 0.833 bits per heavy atom. The van der Waals surface area contributed by atoms with E-state index in [1.54, 1.807) is 0 Å². The molecule has 0 aromatic heterocycles. The van der Waals surface area contributed by atoms with Gasteiger partial charge in [0.15, 0.2) is 0 Å². The van der Waals surface area contributed by atoms with Crippen LogP contribution < -0.4 is 0 Å². The van der Waals surface area contributed by atoms with Gasteiger partial charge in [-0.2, -0.15) is 0 Å². The average Bonchev–Trinajstić information content (AvgIpc) is 2.47. The smallest absolute Gasteiger partial charge is 0.0190 e. The van der Waals surface area contributed by atoms with Gasteiger partial charge in [0.05, 0.1) is 0 Å². The molecule has 1 aliphatic carbocycles. The van der Waals surface area contributed by atoms with Gasteiger partial charge in [-0.25, -0.2) is 0 Å². The van der Waals surface area contributed by atoms with Gasteiger partial charge in [-0.1, -0.05) is 54.6 Å². The van der Waals surface area contributed by atoms with Crippen molar-refractivity contribution < 1.29 is 0 Å². The summed E-state index contributed by atoms with van der Waals surface area (Å²) < 4.78 is 0. The van der Waals surface area contributed by atoms with E-state index in [-0.39, 0.29) is 0 Å². The lowest BCUT2D eigenvalue weighted by Crippen LogP contribution is -2.02. The topological polar surface area (TPSA) is 0 Å². The van der Waals surface area contributed by atoms with E-state index in [9.17, 15) is 0 Å². The number of hydrogen-bond acceptors (Lipinski definition) is 0. The van der Waals surface area contributed by atoms with E-state index in [4.69, 9.17) is 0 Å². The Balaban J connectivity index is 2.13. The summed E-state index contributed by atoms with van der Waals surface area (Å²) in [7, 11) is 0. The Morgan fingerprint density at radius 2 is 1.56 bits per heavy atom. The van der Waals surface area contributed by atoms with Crippen molar-refractivity contribution in [1.82, 2.24) is 0 Å². The van der Waals surface area contributed by atoms with Crippen LogP contribution >= 0.6 is 0 Å². The standard InChI is InChI=1S/C18H18/c1-14(15-8-3-2-4-9-15)17-13-7-11-16-10-5-6-12-18(16)17/h2-6,8-10,12H,7,11,13H2,1H3/b17-14-. The monoisotopic (exact) mass is 234 g/mol. The summed E-state index contributed by atoms with van der Waals surface area (Å²) >= 11 is 0. The van der Waals surface area contributed by atoms with Gasteiger partial charge in [-0.3, -0.25) is 0 Å². The molecule has 0 radical (unpaired) electrons. The largest absolute Gasteiger partial charge is 0.0622 e. The number of benzene rings is 2. The lowest BCUT2D eigenvalue weighted by molar-refractivity contribution is 0.823. The van der Waals surface area contributed by atoms with Gasteiger partial charge in [0.2, 0.25) is 0 Å². The minimum absolute atomic E-state index is 1.21. The molecule has 0 bridgehead atoms. The molecule has 2 aromatic rings. The Kier molecular flexibility index (Phi) is 3.02. The molecule has 0 saturated carbocycles. The van der Waals surface area contributed by atoms with E-state index in [0.29, 0.717) is 0 Å². The molecule has 0 saturated heterocycles. The summed E-state index contributed by atoms with van der Waals surface area (Å²) in [5, 5.41) is 0. The Hall–Kier alpha value is -1.82. The molecule has 0 unspecified atom stereocenters. The van der Waals surface area contributed by atoms with Gasteiger partial charge in [0.1, 0.15) is 0 Å². The zero-order valence-corrected chi connectivity index (χ0v) is 10.8. The first kappa shape index (κ1) is 11.3. The fourth-order valence-corrected chi connectivity index (χ4v) is 2.87. The minimum Gasteiger partial charge on any atom is -0.0622 e. The molecule has 0 fully saturated rings. The van der Waals surface area contributed by atoms with Crippen molar-refractivity contribution in [3.63, 3.8) is 0 Å². The molecule has 3 rings (SSSR count). The summed E-state index contributed by atoms with van der Waals surface area (Å²) in [6.07, 6.45) is 3.70. The highest BCUT2D eigenvalue weighted by molar-refractivity contribution is 5.91. The van der Waals surface area contributed by atoms with Crippen LogP contribution in [0.1, 0.15) is 36.5 Å². The second kappa shape index (κ2) is 4.81. The molecule has 0 spiro atoms. The molecule has 18 heavy (non-hydrogen) atoms. The SMILES string of the molecule is C/C(=C1\CCCc2ccccc21)c1ccccc1. The zero-order valence-electron chi connectivity index (χ0n) is 10.8. The maximum Gasteiger partial charge on any atom is -0.0190 e. The van der Waals surface area contributed by atoms with Crippen LogP contribution in [0.2, 0.25) is 0 Å². The summed E-state index contributed by atoms with van der Waals surface area (Å²) in [4.78, 5) is 0. The maximum absolute atomic E-state index is 2.27. The molecular weight excluding hydrogens is 216 g/mol. The van der Waals surface area contributed by atoms with E-state index in [1.165, 1.54) is 47.1 Å². The maximum atomic E-state index is 2.27. The van der Waals surface area contributed by atoms with Crippen molar-refractivity contribution >= 4 is 11.1 Å². The first-order chi connectivity index (χ1) is 8.86. The van der Waals surface area contributed by atoms with Crippen molar-refractivity contribution in [1.29, 1.82) is 0 Å². The molecule has 0 aliphatic heterocycles. The van der Waals surface area contributed by atoms with Crippen LogP contribution in [0.4, 0.5) is 0 Å². The minimum atomic E-state index is 1.21. The van der Waals surface area contributed by atoms with E-state index in [1.807, 2.05) is 0 Å². The Bertz CT molecular complexity index is 576. The molecule has 0 heteroatoms. The number of rotatable bonds is 1. The van der Waals surface area contributed by atoms with Crippen LogP contribution in [0, 0.1) is 0 Å². The van der Waals surface area contributed by atoms with Gasteiger partial charge in [-0.15, -0.1) is 0 Å². The van der Waals surface area contributed by atoms with Crippen LogP contribution in [0.15, 0.2) is 54.6 Å². The molecule has 0 atom stereocenters. The Labute approximate surface area is 109 Å². The van der Waals surface area contributed by atoms with E-state index < -0.39 is 0 Å². The molecule has 0 heterocycles. The van der Waals surface area contributed by atoms with Gasteiger partial charge < -0.3 is 0 Å². The number of allylic oxidation sites excluding steroid dienone is 2. The van der Waals surface area contributed by atoms with Crippen molar-refractivity contribution in [2.24, 2.45) is 0 Å². The van der Waals surface area contributed by atoms with Gasteiger partial charge in [0.25, 0.3) is 0 Å². The summed E-state index contributed by atoms with van der Waals surface area (Å²) in [5.74, 6) is 0. The van der Waals surface area contributed by atoms with Crippen LogP contribution in [0.5, 0.6) is 0 Å². The van der Waals surface area contributed by atoms with Crippen LogP contribution in [-0.4, -0.2) is 0 Å². The third-order valence-corrected chi connectivity index (χ3v) is 3.87. The fourth-order valence-electron chi connectivity index (χ4n) is 2.87. The lowest BCUT2D eigenvalue weighted by atomic mass is 9.83. The van der Waals surface area contributed by atoms with E-state index in [2.05, 4.69) is 61.5 Å². The van der Waals surface area contributed by atoms with Crippen LogP contribution in [0.25, 0.3) is 11.1 Å². The summed E-state index contributed by atoms with van der Waals surface area (Å²) in [6, 6.07) is 19.6. The zero-order chi connectivity index (χ0) is 12.4. The Morgan fingerprint density at radius 3 is 2.39 bits per heavy atom. The van der Waals surface area contributed by atoms with Gasteiger partial charge in [-0.05, 0) is 54.0 Å². The molecule has 1 aliphatic rings. The lowest BCUT2D eigenvalue weighted by Gasteiger charge is -2.21. The normalized spacial score (nSPS) is 17.2. The van der Waals surface area contributed by atoms with Crippen LogP contribution in [-0.2, 0) is 6.42 Å². The van der Waals surface area contributed by atoms with E-state index >= 15 is 0 Å². The molecule has 90 valence electrons. The highest BCUT2D eigenvalue weighted by Gasteiger charge is 2.15. The van der Waals surface area contributed by atoms with E-state index in [0.717, 1.165) is 0 Å². The molecule has 0 N–H and O–H groups in total. The van der Waals surface area contributed by atoms with Gasteiger partial charge in [0, 0.05) is 0 Å². The van der Waals surface area contributed by atoms with Crippen molar-refractivity contribution in [3.8, 4) is 0 Å². The summed E-state index contributed by atoms with van der Waals surface area (Å²) in [5.41, 5.74) is 7.29. The third kappa shape index (κ3) is 1.99. The van der Waals surface area contributed by atoms with Crippen LogP contribution in [0.3, 0.4) is 0 Å². The van der Waals surface area contributed by atoms with Crippen molar-refractivity contribution in [2.75, 3.05) is 0 Å². The molecule has 0 nitrogen and oxygen atoms in total. The van der Waals surface area contributed by atoms with Crippen molar-refractivity contribution in [3.05, 3.63) is 71.3 Å². The highest BCUT2D eigenvalue weighted by Crippen LogP contribution is 2.35. The number of hydrogen-bond donors (Lipinski definition) is 0. The second-order valence-corrected chi connectivity index (χ2v) is 4.98. The first-order valence-electron chi connectivity index (χ1n) is 6.70. The predicted molar refractivity (Wildman–Crippen MR) is 78.3 cm³/mol. The molecular formula is C18H18. The van der Waals surface area contributed by atoms with Gasteiger partial charge >= 0.3 is 0 Å². The quantitative estimate of drug-likeness (QED) is 0.654. The predicted octanol–water partition coefficient (Wildman–Crippen LogP) is 4.95. The fraction of sp³-hybridized carbons (Fsp3) is 0.222. The molecule has 2 aromatic carbocycles. The second-order valence-electron chi connectivity index (χ2n) is 4.98. The highest BCUT2D eigenvalue weighted by atomic mass is 14.2. The summed E-state index contributed by atoms with van der Waals surface area (Å²) in [6.45, 7) is 2.26. The number of aryl methyl sites for hydroxylation is 1.